The maximum Gasteiger partial charge on any atom is 0.409 e. The molecule has 1 aromatic carbocycles. The molecule has 3 aromatic heterocycles. The summed E-state index contributed by atoms with van der Waals surface area (Å²) in [6, 6.07) is 6.81. The average Bonchev–Trinajstić information content (AvgIpc) is 3.58. The van der Waals surface area contributed by atoms with Crippen LogP contribution in [0.3, 0.4) is 0 Å². The Morgan fingerprint density at radius 1 is 1.15 bits per heavy atom. The van der Waals surface area contributed by atoms with Crippen LogP contribution in [0.2, 0.25) is 0 Å². The lowest BCUT2D eigenvalue weighted by Gasteiger charge is -2.35. The van der Waals surface area contributed by atoms with Crippen molar-refractivity contribution in [1.29, 1.82) is 0 Å². The molecule has 40 heavy (non-hydrogen) atoms. The second kappa shape index (κ2) is 10.2. The van der Waals surface area contributed by atoms with Gasteiger partial charge in [-0.2, -0.15) is 4.98 Å². The number of fused-ring (bicyclic) bond motifs is 1. The maximum atomic E-state index is 15.0. The number of benzene rings is 1. The minimum atomic E-state index is -0.518. The Balaban J connectivity index is 1.22. The number of piperazine rings is 1. The molecule has 4 aromatic rings. The number of hydrogen-bond donors (Lipinski definition) is 1. The number of carbonyl (C=O) groups excluding carboxylic acids is 2. The minimum Gasteiger partial charge on any atom is -0.453 e. The molecule has 0 radical (unpaired) electrons. The van der Waals surface area contributed by atoms with Gasteiger partial charge in [0.15, 0.2) is 0 Å². The summed E-state index contributed by atoms with van der Waals surface area (Å²) in [5.74, 6) is -0.527. The van der Waals surface area contributed by atoms with Gasteiger partial charge in [0.2, 0.25) is 11.7 Å². The number of amides is 2. The predicted molar refractivity (Wildman–Crippen MR) is 144 cm³/mol. The van der Waals surface area contributed by atoms with Gasteiger partial charge in [-0.25, -0.2) is 14.2 Å². The molecule has 13 heteroatoms. The van der Waals surface area contributed by atoms with Crippen LogP contribution < -0.4 is 10.2 Å². The van der Waals surface area contributed by atoms with Crippen molar-refractivity contribution in [3.8, 4) is 11.4 Å². The summed E-state index contributed by atoms with van der Waals surface area (Å²) in [5, 5.41) is 6.83. The highest BCUT2D eigenvalue weighted by molar-refractivity contribution is 6.04. The van der Waals surface area contributed by atoms with Crippen LogP contribution in [0.25, 0.3) is 17.0 Å². The number of methoxy groups -OCH3 is 1. The van der Waals surface area contributed by atoms with Crippen molar-refractivity contribution in [1.82, 2.24) is 29.3 Å². The quantitative estimate of drug-likeness (QED) is 0.401. The molecule has 12 nitrogen and oxygen atoms in total. The fraction of sp³-hybridized carbons (Fsp3) is 0.370. The number of ether oxygens (including phenoxy) is 1. The third-order valence-electron chi connectivity index (χ3n) is 7.55. The van der Waals surface area contributed by atoms with Crippen molar-refractivity contribution >= 4 is 29.0 Å². The summed E-state index contributed by atoms with van der Waals surface area (Å²) in [4.78, 5) is 39.8. The van der Waals surface area contributed by atoms with Gasteiger partial charge in [-0.1, -0.05) is 5.16 Å². The van der Waals surface area contributed by atoms with Crippen LogP contribution in [-0.4, -0.2) is 94.8 Å². The minimum absolute atomic E-state index is 0.124. The van der Waals surface area contributed by atoms with Crippen LogP contribution in [0.4, 0.5) is 20.6 Å². The number of imidazole rings is 1. The molecule has 2 aliphatic heterocycles. The Hall–Kier alpha value is -4.52. The van der Waals surface area contributed by atoms with Gasteiger partial charge in [0.05, 0.1) is 24.9 Å². The maximum absolute atomic E-state index is 15.0. The van der Waals surface area contributed by atoms with Gasteiger partial charge in [0.1, 0.15) is 17.2 Å². The van der Waals surface area contributed by atoms with E-state index in [2.05, 4.69) is 37.3 Å². The van der Waals surface area contributed by atoms with E-state index >= 15 is 0 Å². The molecule has 2 amide bonds. The molecule has 2 saturated heterocycles. The van der Waals surface area contributed by atoms with Gasteiger partial charge < -0.3 is 29.3 Å². The molecular formula is C27H29FN8O4. The number of carbonyl (C=O) groups is 2. The molecule has 2 aliphatic rings. The molecule has 2 fully saturated rings. The first kappa shape index (κ1) is 25.7. The predicted octanol–water partition coefficient (Wildman–Crippen LogP) is 3.00. The van der Waals surface area contributed by atoms with Gasteiger partial charge in [0, 0.05) is 62.3 Å². The Kier molecular flexibility index (Phi) is 6.58. The van der Waals surface area contributed by atoms with Crippen molar-refractivity contribution in [2.24, 2.45) is 0 Å². The lowest BCUT2D eigenvalue weighted by molar-refractivity contribution is 0.0804. The highest BCUT2D eigenvalue weighted by atomic mass is 19.1. The van der Waals surface area contributed by atoms with E-state index in [4.69, 9.17) is 9.26 Å². The standard InChI is InChI=1S/C27H29FN8O4/c1-16-20(28)10-17(24-31-26(40-32-24)18-13-35(14-18)27(38)39-3)11-21(16)30-25(37)22-12-29-23-5-4-19(15-36(22)23)34-8-6-33(2)7-9-34/h4-5,10-12,15,18H,6-9,13-14H2,1-3H3,(H,30,37). The summed E-state index contributed by atoms with van der Waals surface area (Å²) in [7, 11) is 3.43. The van der Waals surface area contributed by atoms with Gasteiger partial charge in [-0.3, -0.25) is 9.20 Å². The summed E-state index contributed by atoms with van der Waals surface area (Å²) in [6.45, 7) is 6.10. The zero-order valence-electron chi connectivity index (χ0n) is 22.4. The number of likely N-dealkylation sites (N-methyl/N-ethyl adjacent to an activating group) is 1. The number of likely N-dealkylation sites (tertiary alicyclic amines) is 1. The number of pyridine rings is 1. The van der Waals surface area contributed by atoms with Crippen molar-refractivity contribution < 1.29 is 23.2 Å². The van der Waals surface area contributed by atoms with Crippen LogP contribution in [0.5, 0.6) is 0 Å². The number of rotatable bonds is 5. The van der Waals surface area contributed by atoms with E-state index in [0.29, 0.717) is 35.9 Å². The molecular weight excluding hydrogens is 519 g/mol. The van der Waals surface area contributed by atoms with Crippen molar-refractivity contribution in [2.75, 3.05) is 63.6 Å². The van der Waals surface area contributed by atoms with E-state index in [1.165, 1.54) is 24.3 Å². The van der Waals surface area contributed by atoms with E-state index in [9.17, 15) is 14.0 Å². The van der Waals surface area contributed by atoms with E-state index in [1.807, 2.05) is 18.3 Å². The van der Waals surface area contributed by atoms with Crippen LogP contribution in [0, 0.1) is 12.7 Å². The first-order valence-corrected chi connectivity index (χ1v) is 13.0. The first-order chi connectivity index (χ1) is 19.3. The number of anilines is 2. The Morgan fingerprint density at radius 3 is 2.67 bits per heavy atom. The largest absolute Gasteiger partial charge is 0.453 e. The van der Waals surface area contributed by atoms with Crippen LogP contribution in [0.1, 0.15) is 27.9 Å². The molecule has 0 aliphatic carbocycles. The van der Waals surface area contributed by atoms with Gasteiger partial charge >= 0.3 is 6.09 Å². The topological polar surface area (TPSA) is 121 Å². The van der Waals surface area contributed by atoms with Gasteiger partial charge in [-0.05, 0) is 38.2 Å². The van der Waals surface area contributed by atoms with Crippen LogP contribution in [0.15, 0.2) is 41.2 Å². The summed E-state index contributed by atoms with van der Waals surface area (Å²) >= 11 is 0. The monoisotopic (exact) mass is 548 g/mol. The highest BCUT2D eigenvalue weighted by Crippen LogP contribution is 2.31. The SMILES string of the molecule is COC(=O)N1CC(c2nc(-c3cc(F)c(C)c(NC(=O)c4cnc5ccc(N6CCN(C)CC6)cn45)c3)no2)C1. The molecule has 6 rings (SSSR count). The molecule has 0 unspecified atom stereocenters. The third kappa shape index (κ3) is 4.72. The lowest BCUT2D eigenvalue weighted by Crippen LogP contribution is -2.48. The normalized spacial score (nSPS) is 16.3. The van der Waals surface area contributed by atoms with E-state index in [0.717, 1.165) is 31.9 Å². The molecule has 208 valence electrons. The van der Waals surface area contributed by atoms with Gasteiger partial charge in [-0.15, -0.1) is 0 Å². The van der Waals surface area contributed by atoms with Crippen LogP contribution in [-0.2, 0) is 4.74 Å². The number of nitrogens with one attached hydrogen (secondary N) is 1. The third-order valence-corrected chi connectivity index (χ3v) is 7.55. The molecule has 0 saturated carbocycles. The first-order valence-electron chi connectivity index (χ1n) is 13.0. The second-order valence-corrected chi connectivity index (χ2v) is 10.2. The van der Waals surface area contributed by atoms with Gasteiger partial charge in [0.25, 0.3) is 5.91 Å². The molecule has 1 N–H and O–H groups in total. The van der Waals surface area contributed by atoms with E-state index in [1.54, 1.807) is 17.4 Å². The Labute approximate surface area is 229 Å². The Morgan fingerprint density at radius 2 is 1.93 bits per heavy atom. The smallest absolute Gasteiger partial charge is 0.409 e. The number of nitrogens with zero attached hydrogens (tertiary/aromatic N) is 7. The fourth-order valence-corrected chi connectivity index (χ4v) is 4.94. The van der Waals surface area contributed by atoms with Crippen molar-refractivity contribution in [3.05, 3.63) is 59.6 Å². The summed E-state index contributed by atoms with van der Waals surface area (Å²) < 4.78 is 26.8. The molecule has 5 heterocycles. The van der Waals surface area contributed by atoms with Crippen molar-refractivity contribution in [3.63, 3.8) is 0 Å². The molecule has 0 bridgehead atoms. The number of hydrogen-bond acceptors (Lipinski definition) is 9. The summed E-state index contributed by atoms with van der Waals surface area (Å²) in [6.07, 6.45) is 3.00. The van der Waals surface area contributed by atoms with E-state index in [-0.39, 0.29) is 23.0 Å². The van der Waals surface area contributed by atoms with E-state index < -0.39 is 17.8 Å². The Bertz CT molecular complexity index is 1590. The van der Waals surface area contributed by atoms with Crippen molar-refractivity contribution in [2.45, 2.75) is 12.8 Å². The second-order valence-electron chi connectivity index (χ2n) is 10.2. The summed E-state index contributed by atoms with van der Waals surface area (Å²) in [5.41, 5.74) is 2.90. The number of halogens is 1. The molecule has 0 spiro atoms. The highest BCUT2D eigenvalue weighted by Gasteiger charge is 2.36. The average molecular weight is 549 g/mol. The fourth-order valence-electron chi connectivity index (χ4n) is 4.94. The zero-order valence-corrected chi connectivity index (χ0v) is 22.4. The zero-order chi connectivity index (χ0) is 28.0. The van der Waals surface area contributed by atoms with Crippen LogP contribution >= 0.6 is 0 Å². The lowest BCUT2D eigenvalue weighted by atomic mass is 10.0. The molecule has 0 atom stereocenters. The number of aromatic nitrogens is 4.